The molecule has 3 nitrogen and oxygen atoms in total. The third-order valence-corrected chi connectivity index (χ3v) is 4.92. The molecule has 2 unspecified atom stereocenters. The predicted octanol–water partition coefficient (Wildman–Crippen LogP) is 1.68. The van der Waals surface area contributed by atoms with E-state index >= 15 is 0 Å². The molecule has 0 aromatic carbocycles. The van der Waals surface area contributed by atoms with Crippen LogP contribution in [-0.2, 0) is 10.0 Å². The summed E-state index contributed by atoms with van der Waals surface area (Å²) >= 11 is 5.50. The van der Waals surface area contributed by atoms with Gasteiger partial charge in [-0.2, -0.15) is 4.31 Å². The Balaban J connectivity index is 2.63. The first-order valence-electron chi connectivity index (χ1n) is 5.03. The maximum absolute atomic E-state index is 11.8. The molecule has 1 aliphatic heterocycles. The third-order valence-electron chi connectivity index (χ3n) is 2.62. The molecule has 14 heavy (non-hydrogen) atoms. The predicted molar refractivity (Wildman–Crippen MR) is 59.1 cm³/mol. The Morgan fingerprint density at radius 1 is 1.43 bits per heavy atom. The zero-order valence-corrected chi connectivity index (χ0v) is 10.3. The van der Waals surface area contributed by atoms with Gasteiger partial charge in [0.2, 0.25) is 10.0 Å². The van der Waals surface area contributed by atoms with E-state index in [4.69, 9.17) is 11.6 Å². The summed E-state index contributed by atoms with van der Waals surface area (Å²) in [6.45, 7) is 4.74. The van der Waals surface area contributed by atoms with Gasteiger partial charge in [0, 0.05) is 18.5 Å². The van der Waals surface area contributed by atoms with Gasteiger partial charge in [0.25, 0.3) is 0 Å². The monoisotopic (exact) mass is 239 g/mol. The van der Waals surface area contributed by atoms with Crippen LogP contribution in [0.5, 0.6) is 0 Å². The zero-order valence-electron chi connectivity index (χ0n) is 8.74. The quantitative estimate of drug-likeness (QED) is 0.700. The van der Waals surface area contributed by atoms with Crippen molar-refractivity contribution < 1.29 is 8.42 Å². The van der Waals surface area contributed by atoms with E-state index in [1.807, 2.05) is 6.92 Å². The molecule has 0 aliphatic carbocycles. The number of halogens is 1. The van der Waals surface area contributed by atoms with Gasteiger partial charge < -0.3 is 0 Å². The van der Waals surface area contributed by atoms with E-state index in [1.165, 1.54) is 0 Å². The fourth-order valence-electron chi connectivity index (χ4n) is 2.00. The Morgan fingerprint density at radius 3 is 2.50 bits per heavy atom. The van der Waals surface area contributed by atoms with E-state index < -0.39 is 10.0 Å². The van der Waals surface area contributed by atoms with Gasteiger partial charge in [-0.1, -0.05) is 6.92 Å². The molecule has 0 aromatic rings. The summed E-state index contributed by atoms with van der Waals surface area (Å²) in [6, 6.07) is 0.158. The number of nitrogens with zero attached hydrogens (tertiary/aromatic N) is 1. The van der Waals surface area contributed by atoms with Gasteiger partial charge in [-0.3, -0.25) is 0 Å². The molecule has 0 saturated carbocycles. The first kappa shape index (κ1) is 12.3. The van der Waals surface area contributed by atoms with Crippen LogP contribution in [0, 0.1) is 5.92 Å². The van der Waals surface area contributed by atoms with Gasteiger partial charge in [0.05, 0.1) is 5.75 Å². The first-order valence-corrected chi connectivity index (χ1v) is 7.17. The van der Waals surface area contributed by atoms with Crippen molar-refractivity contribution in [2.45, 2.75) is 32.7 Å². The molecule has 2 atom stereocenters. The number of hydrogen-bond acceptors (Lipinski definition) is 2. The fraction of sp³-hybridized carbons (Fsp3) is 1.00. The molecule has 0 radical (unpaired) electrons. The summed E-state index contributed by atoms with van der Waals surface area (Å²) < 4.78 is 25.3. The van der Waals surface area contributed by atoms with Crippen molar-refractivity contribution in [3.63, 3.8) is 0 Å². The maximum Gasteiger partial charge on any atom is 0.214 e. The van der Waals surface area contributed by atoms with Crippen LogP contribution in [0.3, 0.4) is 0 Å². The number of rotatable bonds is 4. The summed E-state index contributed by atoms with van der Waals surface area (Å²) in [5.74, 6) is 1.08. The Kier molecular flexibility index (Phi) is 4.22. The highest BCUT2D eigenvalue weighted by atomic mass is 35.5. The second-order valence-electron chi connectivity index (χ2n) is 4.12. The van der Waals surface area contributed by atoms with Crippen molar-refractivity contribution in [3.05, 3.63) is 0 Å². The summed E-state index contributed by atoms with van der Waals surface area (Å²) in [5, 5.41) is 0. The van der Waals surface area contributed by atoms with Crippen LogP contribution in [0.25, 0.3) is 0 Å². The van der Waals surface area contributed by atoms with Gasteiger partial charge in [0.1, 0.15) is 0 Å². The molecular formula is C9H18ClNO2S. The summed E-state index contributed by atoms with van der Waals surface area (Å²) in [5.41, 5.74) is 0. The normalized spacial score (nSPS) is 29.6. The Hall–Kier alpha value is 0.200. The highest BCUT2D eigenvalue weighted by Gasteiger charge is 2.34. The third kappa shape index (κ3) is 2.84. The SMILES string of the molecule is CC1CC(C)N(S(=O)(=O)CCCCl)C1. The fourth-order valence-corrected chi connectivity index (χ4v) is 4.16. The van der Waals surface area contributed by atoms with Crippen LogP contribution in [0.15, 0.2) is 0 Å². The molecule has 0 bridgehead atoms. The Morgan fingerprint density at radius 2 is 2.07 bits per heavy atom. The first-order chi connectivity index (χ1) is 6.47. The topological polar surface area (TPSA) is 37.4 Å². The molecule has 1 fully saturated rings. The molecule has 1 saturated heterocycles. The molecule has 0 spiro atoms. The molecule has 0 N–H and O–H groups in total. The van der Waals surface area contributed by atoms with Crippen LogP contribution < -0.4 is 0 Å². The Bertz CT molecular complexity index is 279. The van der Waals surface area contributed by atoms with Gasteiger partial charge in [-0.15, -0.1) is 11.6 Å². The molecule has 0 amide bonds. The van der Waals surface area contributed by atoms with Crippen molar-refractivity contribution in [2.24, 2.45) is 5.92 Å². The van der Waals surface area contributed by atoms with Gasteiger partial charge in [0.15, 0.2) is 0 Å². The van der Waals surface area contributed by atoms with Crippen molar-refractivity contribution in [3.8, 4) is 0 Å². The highest BCUT2D eigenvalue weighted by Crippen LogP contribution is 2.25. The van der Waals surface area contributed by atoms with Crippen LogP contribution in [0.2, 0.25) is 0 Å². The number of hydrogen-bond donors (Lipinski definition) is 0. The van der Waals surface area contributed by atoms with Crippen LogP contribution >= 0.6 is 11.6 Å². The lowest BCUT2D eigenvalue weighted by atomic mass is 10.1. The van der Waals surface area contributed by atoms with E-state index in [1.54, 1.807) is 4.31 Å². The molecule has 0 aromatic heterocycles. The smallest absolute Gasteiger partial charge is 0.212 e. The lowest BCUT2D eigenvalue weighted by molar-refractivity contribution is 0.405. The van der Waals surface area contributed by atoms with Crippen LogP contribution in [0.4, 0.5) is 0 Å². The lowest BCUT2D eigenvalue weighted by Gasteiger charge is -2.20. The summed E-state index contributed by atoms with van der Waals surface area (Å²) in [6.07, 6.45) is 1.52. The lowest BCUT2D eigenvalue weighted by Crippen LogP contribution is -2.35. The van der Waals surface area contributed by atoms with Gasteiger partial charge in [-0.05, 0) is 25.7 Å². The largest absolute Gasteiger partial charge is 0.214 e. The van der Waals surface area contributed by atoms with E-state index in [9.17, 15) is 8.42 Å². The van der Waals surface area contributed by atoms with Gasteiger partial charge >= 0.3 is 0 Å². The van der Waals surface area contributed by atoms with E-state index in [-0.39, 0.29) is 11.8 Å². The Labute approximate surface area is 91.5 Å². The molecule has 1 heterocycles. The van der Waals surface area contributed by atoms with Crippen molar-refractivity contribution in [1.29, 1.82) is 0 Å². The summed E-state index contributed by atoms with van der Waals surface area (Å²) in [4.78, 5) is 0. The minimum Gasteiger partial charge on any atom is -0.212 e. The van der Waals surface area contributed by atoms with Crippen molar-refractivity contribution in [2.75, 3.05) is 18.2 Å². The molecule has 1 aliphatic rings. The van der Waals surface area contributed by atoms with Crippen LogP contribution in [0.1, 0.15) is 26.7 Å². The second kappa shape index (κ2) is 4.81. The molecule has 84 valence electrons. The van der Waals surface area contributed by atoms with Crippen molar-refractivity contribution in [1.82, 2.24) is 4.31 Å². The average molecular weight is 240 g/mol. The maximum atomic E-state index is 11.8. The van der Waals surface area contributed by atoms with Crippen molar-refractivity contribution >= 4 is 21.6 Å². The zero-order chi connectivity index (χ0) is 10.8. The van der Waals surface area contributed by atoms with E-state index in [0.29, 0.717) is 24.8 Å². The number of alkyl halides is 1. The minimum absolute atomic E-state index is 0.158. The van der Waals surface area contributed by atoms with E-state index in [2.05, 4.69) is 6.92 Å². The summed E-state index contributed by atoms with van der Waals surface area (Å²) in [7, 11) is -3.06. The average Bonchev–Trinajstić information content (AvgIpc) is 2.42. The minimum atomic E-state index is -3.06. The van der Waals surface area contributed by atoms with Crippen LogP contribution in [-0.4, -0.2) is 36.9 Å². The van der Waals surface area contributed by atoms with E-state index in [0.717, 1.165) is 6.42 Å². The molecule has 1 rings (SSSR count). The van der Waals surface area contributed by atoms with Gasteiger partial charge in [-0.25, -0.2) is 8.42 Å². The second-order valence-corrected chi connectivity index (χ2v) is 6.54. The molecule has 5 heteroatoms. The number of sulfonamides is 1. The highest BCUT2D eigenvalue weighted by molar-refractivity contribution is 7.89. The standard InChI is InChI=1S/C9H18ClNO2S/c1-8-6-9(2)11(7-8)14(12,13)5-3-4-10/h8-9H,3-7H2,1-2H3. The molecular weight excluding hydrogens is 222 g/mol.